The molecule has 0 aliphatic carbocycles. The Morgan fingerprint density at radius 2 is 2.39 bits per heavy atom. The summed E-state index contributed by atoms with van der Waals surface area (Å²) in [6.45, 7) is 4.92. The third-order valence-corrected chi connectivity index (χ3v) is 2.94. The minimum absolute atomic E-state index is 0.254. The van der Waals surface area contributed by atoms with Gasteiger partial charge in [-0.3, -0.25) is 0 Å². The summed E-state index contributed by atoms with van der Waals surface area (Å²) in [4.78, 5) is 4.22. The number of nitrogens with one attached hydrogen (secondary N) is 1. The highest BCUT2D eigenvalue weighted by Gasteiger charge is 2.17. The molecule has 1 aliphatic rings. The van der Waals surface area contributed by atoms with E-state index < -0.39 is 0 Å². The number of guanidine groups is 1. The molecule has 2 rings (SSSR count). The summed E-state index contributed by atoms with van der Waals surface area (Å²) < 4.78 is 11.5. The zero-order valence-electron chi connectivity index (χ0n) is 9.78. The standard InChI is InChI=1S/C12H14BrN3O2/c1-2-3-15-12(14)16-6-8-4-9(13)11-10(5-8)17-7-18-11/h2,4-5H,1,3,6-7H2,(H3,14,15,16). The lowest BCUT2D eigenvalue weighted by molar-refractivity contribution is 0.173. The number of benzene rings is 1. The van der Waals surface area contributed by atoms with Crippen molar-refractivity contribution in [2.24, 2.45) is 10.7 Å². The normalized spacial score (nSPS) is 13.5. The van der Waals surface area contributed by atoms with Gasteiger partial charge in [-0.15, -0.1) is 6.58 Å². The van der Waals surface area contributed by atoms with E-state index in [4.69, 9.17) is 15.2 Å². The minimum Gasteiger partial charge on any atom is -0.454 e. The number of ether oxygens (including phenoxy) is 2. The first-order valence-electron chi connectivity index (χ1n) is 5.43. The minimum atomic E-state index is 0.254. The Labute approximate surface area is 114 Å². The van der Waals surface area contributed by atoms with Crippen LogP contribution in [0.4, 0.5) is 0 Å². The lowest BCUT2D eigenvalue weighted by Crippen LogP contribution is -2.31. The van der Waals surface area contributed by atoms with Crippen LogP contribution in [0.25, 0.3) is 0 Å². The van der Waals surface area contributed by atoms with E-state index in [0.717, 1.165) is 21.5 Å². The van der Waals surface area contributed by atoms with Crippen molar-refractivity contribution in [2.45, 2.75) is 6.54 Å². The summed E-state index contributed by atoms with van der Waals surface area (Å²) in [5.41, 5.74) is 6.68. The molecular weight excluding hydrogens is 298 g/mol. The fraction of sp³-hybridized carbons (Fsp3) is 0.250. The number of nitrogens with zero attached hydrogens (tertiary/aromatic N) is 1. The molecule has 1 aliphatic heterocycles. The van der Waals surface area contributed by atoms with Crippen LogP contribution in [-0.4, -0.2) is 19.3 Å². The third kappa shape index (κ3) is 2.95. The summed E-state index contributed by atoms with van der Waals surface area (Å²) in [6.07, 6.45) is 1.72. The second kappa shape index (κ2) is 5.77. The second-order valence-electron chi connectivity index (χ2n) is 3.68. The van der Waals surface area contributed by atoms with Crippen molar-refractivity contribution in [2.75, 3.05) is 13.3 Å². The first-order chi connectivity index (χ1) is 8.70. The summed E-state index contributed by atoms with van der Waals surface area (Å²) in [5.74, 6) is 1.86. The zero-order chi connectivity index (χ0) is 13.0. The van der Waals surface area contributed by atoms with Crippen LogP contribution in [0.3, 0.4) is 0 Å². The molecule has 0 saturated carbocycles. The van der Waals surface area contributed by atoms with Crippen LogP contribution in [0.2, 0.25) is 0 Å². The topological polar surface area (TPSA) is 68.9 Å². The van der Waals surface area contributed by atoms with E-state index in [-0.39, 0.29) is 6.79 Å². The quantitative estimate of drug-likeness (QED) is 0.505. The second-order valence-corrected chi connectivity index (χ2v) is 4.54. The average molecular weight is 312 g/mol. The Hall–Kier alpha value is -1.69. The number of aliphatic imine (C=N–C) groups is 1. The molecule has 6 heteroatoms. The van der Waals surface area contributed by atoms with Crippen molar-refractivity contribution < 1.29 is 9.47 Å². The predicted octanol–water partition coefficient (Wildman–Crippen LogP) is 1.77. The first-order valence-corrected chi connectivity index (χ1v) is 6.22. The van der Waals surface area contributed by atoms with Gasteiger partial charge >= 0.3 is 0 Å². The SMILES string of the molecule is C=CCNC(N)=NCc1cc(Br)c2c(c1)OCO2. The van der Waals surface area contributed by atoms with E-state index in [1.165, 1.54) is 0 Å². The Bertz CT molecular complexity index is 488. The maximum atomic E-state index is 5.68. The molecule has 0 amide bonds. The van der Waals surface area contributed by atoms with E-state index in [9.17, 15) is 0 Å². The molecule has 0 spiro atoms. The van der Waals surface area contributed by atoms with Gasteiger partial charge in [0.25, 0.3) is 0 Å². The van der Waals surface area contributed by atoms with E-state index >= 15 is 0 Å². The monoisotopic (exact) mass is 311 g/mol. The van der Waals surface area contributed by atoms with Gasteiger partial charge in [0.05, 0.1) is 11.0 Å². The van der Waals surface area contributed by atoms with Crippen LogP contribution in [0, 0.1) is 0 Å². The van der Waals surface area contributed by atoms with Crippen LogP contribution in [0.5, 0.6) is 11.5 Å². The lowest BCUT2D eigenvalue weighted by Gasteiger charge is -2.05. The Morgan fingerprint density at radius 1 is 1.56 bits per heavy atom. The average Bonchev–Trinajstić information content (AvgIpc) is 2.82. The summed E-state index contributed by atoms with van der Waals surface area (Å²) in [7, 11) is 0. The van der Waals surface area contributed by atoms with Gasteiger partial charge in [0.15, 0.2) is 17.5 Å². The van der Waals surface area contributed by atoms with Gasteiger partial charge in [0, 0.05) is 6.54 Å². The molecule has 0 fully saturated rings. The summed E-state index contributed by atoms with van der Waals surface area (Å²) >= 11 is 3.43. The molecule has 1 heterocycles. The zero-order valence-corrected chi connectivity index (χ0v) is 11.4. The number of hydrogen-bond acceptors (Lipinski definition) is 3. The van der Waals surface area contributed by atoms with E-state index in [0.29, 0.717) is 19.0 Å². The molecule has 0 aromatic heterocycles. The first kappa shape index (κ1) is 12.8. The van der Waals surface area contributed by atoms with Crippen molar-refractivity contribution in [1.82, 2.24) is 5.32 Å². The van der Waals surface area contributed by atoms with Crippen LogP contribution in [0.1, 0.15) is 5.56 Å². The maximum Gasteiger partial charge on any atom is 0.231 e. The molecular formula is C12H14BrN3O2. The Morgan fingerprint density at radius 3 is 3.17 bits per heavy atom. The van der Waals surface area contributed by atoms with E-state index in [2.05, 4.69) is 32.8 Å². The molecule has 0 atom stereocenters. The molecule has 0 unspecified atom stereocenters. The summed E-state index contributed by atoms with van der Waals surface area (Å²) in [6, 6.07) is 3.84. The number of fused-ring (bicyclic) bond motifs is 1. The third-order valence-electron chi connectivity index (χ3n) is 2.35. The van der Waals surface area contributed by atoms with E-state index in [1.807, 2.05) is 12.1 Å². The number of nitrogens with two attached hydrogens (primary N) is 1. The van der Waals surface area contributed by atoms with Gasteiger partial charge in [-0.1, -0.05) is 6.08 Å². The lowest BCUT2D eigenvalue weighted by atomic mass is 10.2. The van der Waals surface area contributed by atoms with Crippen molar-refractivity contribution in [3.63, 3.8) is 0 Å². The fourth-order valence-electron chi connectivity index (χ4n) is 1.52. The Balaban J connectivity index is 2.06. The molecule has 3 N–H and O–H groups in total. The molecule has 1 aromatic carbocycles. The van der Waals surface area contributed by atoms with Crippen molar-refractivity contribution in [1.29, 1.82) is 0 Å². The van der Waals surface area contributed by atoms with Gasteiger partial charge < -0.3 is 20.5 Å². The Kier molecular flexibility index (Phi) is 4.09. The largest absolute Gasteiger partial charge is 0.454 e. The number of rotatable bonds is 4. The van der Waals surface area contributed by atoms with Gasteiger partial charge in [-0.25, -0.2) is 4.99 Å². The van der Waals surface area contributed by atoms with Crippen LogP contribution < -0.4 is 20.5 Å². The number of halogens is 1. The van der Waals surface area contributed by atoms with Crippen LogP contribution in [-0.2, 0) is 6.54 Å². The molecule has 96 valence electrons. The van der Waals surface area contributed by atoms with Gasteiger partial charge in [-0.2, -0.15) is 0 Å². The molecule has 18 heavy (non-hydrogen) atoms. The van der Waals surface area contributed by atoms with Gasteiger partial charge in [-0.05, 0) is 33.6 Å². The highest BCUT2D eigenvalue weighted by atomic mass is 79.9. The van der Waals surface area contributed by atoms with E-state index in [1.54, 1.807) is 6.08 Å². The van der Waals surface area contributed by atoms with Crippen molar-refractivity contribution >= 4 is 21.9 Å². The van der Waals surface area contributed by atoms with Crippen LogP contribution in [0.15, 0.2) is 34.3 Å². The highest BCUT2D eigenvalue weighted by Crippen LogP contribution is 2.40. The molecule has 0 saturated heterocycles. The van der Waals surface area contributed by atoms with Gasteiger partial charge in [0.2, 0.25) is 6.79 Å². The fourth-order valence-corrected chi connectivity index (χ4v) is 2.13. The van der Waals surface area contributed by atoms with Gasteiger partial charge in [0.1, 0.15) is 0 Å². The smallest absolute Gasteiger partial charge is 0.231 e. The highest BCUT2D eigenvalue weighted by molar-refractivity contribution is 9.10. The molecule has 0 radical (unpaired) electrons. The van der Waals surface area contributed by atoms with Crippen LogP contribution >= 0.6 is 15.9 Å². The molecule has 5 nitrogen and oxygen atoms in total. The van der Waals surface area contributed by atoms with Crippen molar-refractivity contribution in [3.05, 3.63) is 34.8 Å². The number of hydrogen-bond donors (Lipinski definition) is 2. The molecule has 1 aromatic rings. The summed E-state index contributed by atoms with van der Waals surface area (Å²) in [5, 5.41) is 2.91. The maximum absolute atomic E-state index is 5.68. The van der Waals surface area contributed by atoms with Crippen molar-refractivity contribution in [3.8, 4) is 11.5 Å². The molecule has 0 bridgehead atoms. The predicted molar refractivity (Wildman–Crippen MR) is 73.8 cm³/mol.